The lowest BCUT2D eigenvalue weighted by Gasteiger charge is -2.20. The number of methoxy groups -OCH3 is 1. The molecule has 126 valence electrons. The highest BCUT2D eigenvalue weighted by atomic mass is 16.5. The summed E-state index contributed by atoms with van der Waals surface area (Å²) in [4.78, 5) is 24.9. The summed E-state index contributed by atoms with van der Waals surface area (Å²) in [5.41, 5.74) is 1.35. The molecule has 23 heavy (non-hydrogen) atoms. The molecule has 1 fully saturated rings. The second kappa shape index (κ2) is 6.89. The van der Waals surface area contributed by atoms with Crippen molar-refractivity contribution in [3.05, 3.63) is 29.3 Å². The Hall–Kier alpha value is -2.24. The minimum absolute atomic E-state index is 0.207. The summed E-state index contributed by atoms with van der Waals surface area (Å²) in [7, 11) is 1.63. The molecule has 0 spiro atoms. The second-order valence-corrected chi connectivity index (χ2v) is 6.33. The van der Waals surface area contributed by atoms with Gasteiger partial charge in [-0.1, -0.05) is 17.7 Å². The number of ether oxygens (including phenoxy) is 1. The third kappa shape index (κ3) is 3.94. The van der Waals surface area contributed by atoms with Crippen molar-refractivity contribution in [2.45, 2.75) is 26.7 Å². The molecule has 1 unspecified atom stereocenters. The summed E-state index contributed by atoms with van der Waals surface area (Å²) in [6, 6.07) is 5.74. The molecule has 6 nitrogen and oxygen atoms in total. The van der Waals surface area contributed by atoms with Crippen LogP contribution in [0.1, 0.15) is 24.5 Å². The first-order valence-electron chi connectivity index (χ1n) is 7.75. The van der Waals surface area contributed by atoms with E-state index in [2.05, 4.69) is 5.32 Å². The molecule has 1 aliphatic rings. The number of carboxylic acids is 1. The monoisotopic (exact) mass is 320 g/mol. The van der Waals surface area contributed by atoms with Crippen molar-refractivity contribution >= 4 is 12.0 Å². The quantitative estimate of drug-likeness (QED) is 0.870. The Morgan fingerprint density at radius 3 is 2.78 bits per heavy atom. The van der Waals surface area contributed by atoms with Crippen molar-refractivity contribution in [2.24, 2.45) is 5.41 Å². The minimum atomic E-state index is -0.850. The molecule has 1 saturated heterocycles. The predicted octanol–water partition coefficient (Wildman–Crippen LogP) is 2.05. The number of carbonyl (C=O) groups is 2. The van der Waals surface area contributed by atoms with Crippen LogP contribution in [0.25, 0.3) is 0 Å². The average Bonchev–Trinajstić information content (AvgIpc) is 2.91. The third-order valence-corrected chi connectivity index (χ3v) is 4.38. The van der Waals surface area contributed by atoms with Gasteiger partial charge in [0, 0.05) is 19.6 Å². The van der Waals surface area contributed by atoms with Crippen LogP contribution < -0.4 is 10.1 Å². The van der Waals surface area contributed by atoms with Gasteiger partial charge in [-0.25, -0.2) is 4.79 Å². The molecule has 2 N–H and O–H groups in total. The highest BCUT2D eigenvalue weighted by Crippen LogP contribution is 2.30. The van der Waals surface area contributed by atoms with Crippen LogP contribution in [0.15, 0.2) is 18.2 Å². The molecular weight excluding hydrogens is 296 g/mol. The average molecular weight is 320 g/mol. The first kappa shape index (κ1) is 17.1. The molecule has 0 radical (unpaired) electrons. The van der Waals surface area contributed by atoms with Gasteiger partial charge in [-0.2, -0.15) is 0 Å². The van der Waals surface area contributed by atoms with E-state index in [-0.39, 0.29) is 12.6 Å². The van der Waals surface area contributed by atoms with E-state index in [1.165, 1.54) is 0 Å². The number of aryl methyl sites for hydroxylation is 1. The maximum absolute atomic E-state index is 12.2. The Bertz CT molecular complexity index is 602. The van der Waals surface area contributed by atoms with Crippen LogP contribution in [0.5, 0.6) is 5.75 Å². The number of rotatable bonds is 5. The first-order chi connectivity index (χ1) is 10.9. The molecule has 1 atom stereocenters. The zero-order valence-corrected chi connectivity index (χ0v) is 13.9. The van der Waals surface area contributed by atoms with E-state index < -0.39 is 11.4 Å². The Morgan fingerprint density at radius 2 is 2.17 bits per heavy atom. The number of carboxylic acid groups (broad SMARTS) is 1. The Labute approximate surface area is 136 Å². The maximum atomic E-state index is 12.2. The summed E-state index contributed by atoms with van der Waals surface area (Å²) in [5.74, 6) is -0.0400. The van der Waals surface area contributed by atoms with Crippen molar-refractivity contribution in [1.82, 2.24) is 10.2 Å². The summed E-state index contributed by atoms with van der Waals surface area (Å²) >= 11 is 0. The number of nitrogens with one attached hydrogen (secondary N) is 1. The van der Waals surface area contributed by atoms with Gasteiger partial charge in [-0.3, -0.25) is 4.79 Å². The molecule has 1 aliphatic heterocycles. The largest absolute Gasteiger partial charge is 0.496 e. The fourth-order valence-electron chi connectivity index (χ4n) is 2.83. The van der Waals surface area contributed by atoms with E-state index in [4.69, 9.17) is 4.74 Å². The fraction of sp³-hybridized carbons (Fsp3) is 0.529. The van der Waals surface area contributed by atoms with Gasteiger partial charge >= 0.3 is 12.0 Å². The van der Waals surface area contributed by atoms with E-state index in [1.807, 2.05) is 25.1 Å². The van der Waals surface area contributed by atoms with Gasteiger partial charge in [0.15, 0.2) is 0 Å². The standard InChI is InChI=1S/C17H24N2O4/c1-12-4-5-14(23-3)13(10-12)6-8-18-16(22)19-9-7-17(2,11-19)15(20)21/h4-5,10H,6-9,11H2,1-3H3,(H,18,22)(H,20,21). The van der Waals surface area contributed by atoms with Crippen molar-refractivity contribution in [3.8, 4) is 5.75 Å². The summed E-state index contributed by atoms with van der Waals surface area (Å²) < 4.78 is 5.32. The highest BCUT2D eigenvalue weighted by Gasteiger charge is 2.42. The number of nitrogens with zero attached hydrogens (tertiary/aromatic N) is 1. The zero-order valence-electron chi connectivity index (χ0n) is 13.9. The predicted molar refractivity (Wildman–Crippen MR) is 86.8 cm³/mol. The lowest BCUT2D eigenvalue weighted by molar-refractivity contribution is -0.146. The van der Waals surface area contributed by atoms with E-state index in [0.717, 1.165) is 16.9 Å². The molecular formula is C17H24N2O4. The van der Waals surface area contributed by atoms with Gasteiger partial charge in [0.1, 0.15) is 5.75 Å². The Balaban J connectivity index is 1.86. The van der Waals surface area contributed by atoms with Gasteiger partial charge < -0.3 is 20.1 Å². The lowest BCUT2D eigenvalue weighted by Crippen LogP contribution is -2.41. The van der Waals surface area contributed by atoms with Crippen LogP contribution in [-0.4, -0.2) is 48.8 Å². The van der Waals surface area contributed by atoms with Crippen LogP contribution in [0, 0.1) is 12.3 Å². The van der Waals surface area contributed by atoms with Gasteiger partial charge in [-0.05, 0) is 38.3 Å². The number of hydrogen-bond acceptors (Lipinski definition) is 3. The summed E-state index contributed by atoms with van der Waals surface area (Å²) in [6.45, 7) is 4.90. The first-order valence-corrected chi connectivity index (χ1v) is 7.75. The number of urea groups is 1. The van der Waals surface area contributed by atoms with Crippen molar-refractivity contribution in [3.63, 3.8) is 0 Å². The zero-order chi connectivity index (χ0) is 17.0. The molecule has 1 aromatic rings. The number of amides is 2. The van der Waals surface area contributed by atoms with Crippen LogP contribution >= 0.6 is 0 Å². The maximum Gasteiger partial charge on any atom is 0.317 e. The molecule has 6 heteroatoms. The van der Waals surface area contributed by atoms with Crippen LogP contribution in [0.4, 0.5) is 4.79 Å². The highest BCUT2D eigenvalue weighted by molar-refractivity contribution is 5.79. The normalized spacial score (nSPS) is 20.4. The van der Waals surface area contributed by atoms with Gasteiger partial charge in [0.2, 0.25) is 0 Å². The molecule has 1 heterocycles. The SMILES string of the molecule is COc1ccc(C)cc1CCNC(=O)N1CCC(C)(C(=O)O)C1. The fourth-order valence-corrected chi connectivity index (χ4v) is 2.83. The number of aliphatic carboxylic acids is 1. The van der Waals surface area contributed by atoms with Crippen LogP contribution in [0.3, 0.4) is 0 Å². The molecule has 1 aromatic carbocycles. The molecule has 0 saturated carbocycles. The Morgan fingerprint density at radius 1 is 1.43 bits per heavy atom. The number of benzene rings is 1. The smallest absolute Gasteiger partial charge is 0.317 e. The van der Waals surface area contributed by atoms with Crippen molar-refractivity contribution < 1.29 is 19.4 Å². The van der Waals surface area contributed by atoms with E-state index in [0.29, 0.717) is 25.9 Å². The van der Waals surface area contributed by atoms with E-state index >= 15 is 0 Å². The topological polar surface area (TPSA) is 78.9 Å². The molecule has 2 amide bonds. The van der Waals surface area contributed by atoms with Gasteiger partial charge in [0.05, 0.1) is 12.5 Å². The molecule has 2 rings (SSSR count). The van der Waals surface area contributed by atoms with E-state index in [1.54, 1.807) is 18.9 Å². The minimum Gasteiger partial charge on any atom is -0.496 e. The second-order valence-electron chi connectivity index (χ2n) is 6.33. The van der Waals surface area contributed by atoms with Crippen molar-refractivity contribution in [1.29, 1.82) is 0 Å². The number of likely N-dealkylation sites (tertiary alicyclic amines) is 1. The lowest BCUT2D eigenvalue weighted by atomic mass is 9.90. The molecule has 0 bridgehead atoms. The van der Waals surface area contributed by atoms with Crippen LogP contribution in [0.2, 0.25) is 0 Å². The van der Waals surface area contributed by atoms with Crippen molar-refractivity contribution in [2.75, 3.05) is 26.7 Å². The van der Waals surface area contributed by atoms with Gasteiger partial charge in [-0.15, -0.1) is 0 Å². The molecule has 0 aromatic heterocycles. The number of carbonyl (C=O) groups excluding carboxylic acids is 1. The molecule has 0 aliphatic carbocycles. The van der Waals surface area contributed by atoms with Gasteiger partial charge in [0.25, 0.3) is 0 Å². The van der Waals surface area contributed by atoms with E-state index in [9.17, 15) is 14.7 Å². The third-order valence-electron chi connectivity index (χ3n) is 4.38. The number of hydrogen-bond donors (Lipinski definition) is 2. The summed E-state index contributed by atoms with van der Waals surface area (Å²) in [5, 5.41) is 12.1. The summed E-state index contributed by atoms with van der Waals surface area (Å²) in [6.07, 6.45) is 1.15. The Kier molecular flexibility index (Phi) is 5.13. The van der Waals surface area contributed by atoms with Crippen LogP contribution in [-0.2, 0) is 11.2 Å².